The number of hydrogen-bond donors (Lipinski definition) is 0. The summed E-state index contributed by atoms with van der Waals surface area (Å²) in [6.07, 6.45) is 19.6. The highest BCUT2D eigenvalue weighted by atomic mass is 16.6. The van der Waals surface area contributed by atoms with Crippen molar-refractivity contribution in [3.63, 3.8) is 0 Å². The Labute approximate surface area is 172 Å². The summed E-state index contributed by atoms with van der Waals surface area (Å²) in [4.78, 5) is 11.8. The van der Waals surface area contributed by atoms with E-state index in [9.17, 15) is 4.79 Å². The fraction of sp³-hybridized carbons (Fsp3) is 0.720. The van der Waals surface area contributed by atoms with E-state index in [4.69, 9.17) is 9.47 Å². The van der Waals surface area contributed by atoms with Crippen LogP contribution in [0, 0.1) is 0 Å². The van der Waals surface area contributed by atoms with E-state index in [1.54, 1.807) is 12.1 Å². The summed E-state index contributed by atoms with van der Waals surface area (Å²) in [7, 11) is 0. The van der Waals surface area contributed by atoms with Crippen molar-refractivity contribution in [2.24, 2.45) is 0 Å². The summed E-state index contributed by atoms with van der Waals surface area (Å²) in [6.45, 7) is 2.72. The maximum atomic E-state index is 11.8. The van der Waals surface area contributed by atoms with Crippen LogP contribution in [0.5, 0.6) is 0 Å². The van der Waals surface area contributed by atoms with E-state index in [-0.39, 0.29) is 5.97 Å². The molecule has 3 heteroatoms. The molecule has 158 valence electrons. The topological polar surface area (TPSA) is 38.8 Å². The first kappa shape index (κ1) is 22.9. The lowest BCUT2D eigenvalue weighted by Gasteiger charge is -2.05. The number of esters is 1. The van der Waals surface area contributed by atoms with Crippen molar-refractivity contribution in [2.75, 3.05) is 6.61 Å². The maximum absolute atomic E-state index is 11.8. The van der Waals surface area contributed by atoms with E-state index in [2.05, 4.69) is 6.92 Å². The highest BCUT2D eigenvalue weighted by Gasteiger charge is 2.32. The van der Waals surface area contributed by atoms with Gasteiger partial charge in [0.05, 0.1) is 24.4 Å². The Morgan fingerprint density at radius 3 is 1.75 bits per heavy atom. The van der Waals surface area contributed by atoms with Crippen LogP contribution < -0.4 is 0 Å². The van der Waals surface area contributed by atoms with Gasteiger partial charge in [0.1, 0.15) is 0 Å². The molecule has 0 aliphatic carbocycles. The summed E-state index contributed by atoms with van der Waals surface area (Å²) in [6, 6.07) is 9.23. The predicted molar refractivity (Wildman–Crippen MR) is 116 cm³/mol. The highest BCUT2D eigenvalue weighted by Crippen LogP contribution is 2.26. The van der Waals surface area contributed by atoms with Gasteiger partial charge in [-0.25, -0.2) is 4.79 Å². The first-order valence-electron chi connectivity index (χ1n) is 11.6. The lowest BCUT2D eigenvalue weighted by Crippen LogP contribution is -2.06. The summed E-state index contributed by atoms with van der Waals surface area (Å²) in [5.41, 5.74) is 0.644. The molecular formula is C25H40O3. The Balaban J connectivity index is 1.25. The van der Waals surface area contributed by atoms with E-state index in [1.165, 1.54) is 77.0 Å². The number of hydrogen-bond acceptors (Lipinski definition) is 3. The van der Waals surface area contributed by atoms with E-state index in [1.807, 2.05) is 18.2 Å². The third-order valence-electron chi connectivity index (χ3n) is 5.71. The lowest BCUT2D eigenvalue weighted by atomic mass is 10.0. The summed E-state index contributed by atoms with van der Waals surface area (Å²) >= 11 is 0. The van der Waals surface area contributed by atoms with Gasteiger partial charge in [0, 0.05) is 0 Å². The zero-order valence-corrected chi connectivity index (χ0v) is 17.9. The second-order valence-electron chi connectivity index (χ2n) is 8.27. The van der Waals surface area contributed by atoms with Crippen molar-refractivity contribution in [1.82, 2.24) is 0 Å². The van der Waals surface area contributed by atoms with E-state index in [0.717, 1.165) is 12.8 Å². The van der Waals surface area contributed by atoms with Crippen LogP contribution in [0.25, 0.3) is 0 Å². The van der Waals surface area contributed by atoms with Gasteiger partial charge in [-0.05, 0) is 31.9 Å². The molecule has 0 bridgehead atoms. The molecule has 1 aromatic rings. The summed E-state index contributed by atoms with van der Waals surface area (Å²) < 4.78 is 10.8. The lowest BCUT2D eigenvalue weighted by molar-refractivity contribution is 0.0497. The van der Waals surface area contributed by atoms with Crippen LogP contribution in [0.15, 0.2) is 30.3 Å². The molecule has 2 atom stereocenters. The number of benzene rings is 1. The Bertz CT molecular complexity index is 514. The van der Waals surface area contributed by atoms with Gasteiger partial charge in [0.25, 0.3) is 0 Å². The molecule has 0 aromatic heterocycles. The Kier molecular flexibility index (Phi) is 12.0. The molecular weight excluding hydrogens is 348 g/mol. The molecule has 0 N–H and O–H groups in total. The molecule has 0 saturated carbocycles. The van der Waals surface area contributed by atoms with Crippen molar-refractivity contribution in [3.05, 3.63) is 35.9 Å². The van der Waals surface area contributed by atoms with Crippen LogP contribution in [-0.2, 0) is 9.47 Å². The molecule has 2 unspecified atom stereocenters. The number of epoxide rings is 1. The molecule has 1 aliphatic rings. The minimum atomic E-state index is -0.202. The average molecular weight is 389 g/mol. The molecule has 1 saturated heterocycles. The second kappa shape index (κ2) is 14.6. The van der Waals surface area contributed by atoms with Gasteiger partial charge in [-0.15, -0.1) is 0 Å². The molecule has 1 fully saturated rings. The van der Waals surface area contributed by atoms with Crippen LogP contribution >= 0.6 is 0 Å². The molecule has 1 aromatic carbocycles. The Hall–Kier alpha value is -1.35. The van der Waals surface area contributed by atoms with Crippen molar-refractivity contribution in [2.45, 2.75) is 109 Å². The Morgan fingerprint density at radius 1 is 0.786 bits per heavy atom. The van der Waals surface area contributed by atoms with Crippen LogP contribution in [0.3, 0.4) is 0 Å². The van der Waals surface area contributed by atoms with Crippen molar-refractivity contribution in [3.8, 4) is 0 Å². The van der Waals surface area contributed by atoms with Crippen molar-refractivity contribution >= 4 is 5.97 Å². The van der Waals surface area contributed by atoms with Gasteiger partial charge < -0.3 is 9.47 Å². The van der Waals surface area contributed by atoms with Crippen LogP contribution in [0.2, 0.25) is 0 Å². The molecule has 28 heavy (non-hydrogen) atoms. The van der Waals surface area contributed by atoms with Gasteiger partial charge in [-0.1, -0.05) is 95.2 Å². The highest BCUT2D eigenvalue weighted by molar-refractivity contribution is 5.89. The fourth-order valence-corrected chi connectivity index (χ4v) is 3.75. The zero-order chi connectivity index (χ0) is 19.9. The number of rotatable bonds is 17. The van der Waals surface area contributed by atoms with Gasteiger partial charge in [-0.3, -0.25) is 0 Å². The molecule has 1 aliphatic heterocycles. The monoisotopic (exact) mass is 388 g/mol. The number of unbranched alkanes of at least 4 members (excludes halogenated alkanes) is 12. The van der Waals surface area contributed by atoms with Crippen LogP contribution in [0.4, 0.5) is 0 Å². The largest absolute Gasteiger partial charge is 0.462 e. The minimum Gasteiger partial charge on any atom is -0.462 e. The van der Waals surface area contributed by atoms with Crippen molar-refractivity contribution in [1.29, 1.82) is 0 Å². The number of ether oxygens (including phenoxy) is 2. The SMILES string of the molecule is CC1OC1CCCCCCCCCCCCCCCOC(=O)c1ccccc1. The van der Waals surface area contributed by atoms with Gasteiger partial charge in [-0.2, -0.15) is 0 Å². The number of carbonyl (C=O) groups excluding carboxylic acids is 1. The quantitative estimate of drug-likeness (QED) is 0.162. The van der Waals surface area contributed by atoms with Gasteiger partial charge in [0.15, 0.2) is 0 Å². The van der Waals surface area contributed by atoms with E-state index < -0.39 is 0 Å². The zero-order valence-electron chi connectivity index (χ0n) is 17.9. The third kappa shape index (κ3) is 10.8. The molecule has 0 amide bonds. The van der Waals surface area contributed by atoms with Gasteiger partial charge in [0.2, 0.25) is 0 Å². The third-order valence-corrected chi connectivity index (χ3v) is 5.71. The van der Waals surface area contributed by atoms with E-state index >= 15 is 0 Å². The summed E-state index contributed by atoms with van der Waals surface area (Å²) in [5.74, 6) is -0.202. The molecule has 0 radical (unpaired) electrons. The minimum absolute atomic E-state index is 0.202. The second-order valence-corrected chi connectivity index (χ2v) is 8.27. The van der Waals surface area contributed by atoms with Crippen LogP contribution in [-0.4, -0.2) is 24.8 Å². The van der Waals surface area contributed by atoms with Crippen LogP contribution in [0.1, 0.15) is 107 Å². The normalized spacial score (nSPS) is 18.2. The first-order valence-corrected chi connectivity index (χ1v) is 11.6. The standard InChI is InChI=1S/C25H40O3/c1-22-24(28-22)20-16-11-9-7-5-3-2-4-6-8-10-12-17-21-27-25(26)23-18-14-13-15-19-23/h13-15,18-19,22,24H,2-12,16-17,20-21H2,1H3. The molecule has 1 heterocycles. The average Bonchev–Trinajstić information content (AvgIpc) is 3.43. The maximum Gasteiger partial charge on any atom is 0.338 e. The summed E-state index contributed by atoms with van der Waals surface area (Å²) in [5, 5.41) is 0. The molecule has 0 spiro atoms. The Morgan fingerprint density at radius 2 is 1.25 bits per heavy atom. The van der Waals surface area contributed by atoms with E-state index in [0.29, 0.717) is 24.4 Å². The predicted octanol–water partition coefficient (Wildman–Crippen LogP) is 7.09. The smallest absolute Gasteiger partial charge is 0.338 e. The number of carbonyl (C=O) groups is 1. The molecule has 2 rings (SSSR count). The van der Waals surface area contributed by atoms with Crippen molar-refractivity contribution < 1.29 is 14.3 Å². The first-order chi connectivity index (χ1) is 13.8. The van der Waals surface area contributed by atoms with Gasteiger partial charge >= 0.3 is 5.97 Å². The fourth-order valence-electron chi connectivity index (χ4n) is 3.75. The molecule has 3 nitrogen and oxygen atoms in total.